The van der Waals surface area contributed by atoms with Crippen molar-refractivity contribution >= 4 is 17.2 Å². The molecule has 6 nitrogen and oxygen atoms in total. The van der Waals surface area contributed by atoms with Crippen LogP contribution in [0.15, 0.2) is 61.1 Å². The summed E-state index contributed by atoms with van der Waals surface area (Å²) in [5.74, 6) is 1.64. The fourth-order valence-corrected chi connectivity index (χ4v) is 2.81. The van der Waals surface area contributed by atoms with E-state index in [1.165, 1.54) is 0 Å². The molecule has 0 aliphatic rings. The summed E-state index contributed by atoms with van der Waals surface area (Å²) in [6.45, 7) is 1.97. The van der Waals surface area contributed by atoms with Crippen LogP contribution in [0.5, 0.6) is 5.75 Å². The normalized spacial score (nSPS) is 10.8. The predicted molar refractivity (Wildman–Crippen MR) is 97.2 cm³/mol. The van der Waals surface area contributed by atoms with Crippen molar-refractivity contribution < 1.29 is 4.74 Å². The summed E-state index contributed by atoms with van der Waals surface area (Å²) in [5, 5.41) is 7.90. The summed E-state index contributed by atoms with van der Waals surface area (Å²) in [4.78, 5) is 8.72. The lowest BCUT2D eigenvalue weighted by atomic mass is 10.1. The number of rotatable bonds is 4. The number of pyridine rings is 1. The molecule has 4 rings (SSSR count). The molecule has 0 aliphatic carbocycles. The average molecular weight is 331 g/mol. The summed E-state index contributed by atoms with van der Waals surface area (Å²) < 4.78 is 7.29. The molecule has 3 heterocycles. The van der Waals surface area contributed by atoms with Gasteiger partial charge in [-0.1, -0.05) is 18.2 Å². The molecule has 0 amide bonds. The monoisotopic (exact) mass is 331 g/mol. The third-order valence-corrected chi connectivity index (χ3v) is 3.95. The van der Waals surface area contributed by atoms with E-state index in [9.17, 15) is 0 Å². The number of fused-ring (bicyclic) bond motifs is 1. The Kier molecular flexibility index (Phi) is 3.78. The molecule has 25 heavy (non-hydrogen) atoms. The van der Waals surface area contributed by atoms with E-state index in [2.05, 4.69) is 20.4 Å². The number of aromatic nitrogens is 4. The molecule has 124 valence electrons. The number of hydrogen-bond donors (Lipinski definition) is 1. The molecule has 1 N–H and O–H groups in total. The molecule has 0 saturated carbocycles. The van der Waals surface area contributed by atoms with Gasteiger partial charge in [0, 0.05) is 35.4 Å². The van der Waals surface area contributed by atoms with Gasteiger partial charge < -0.3 is 10.1 Å². The number of para-hydroxylation sites is 1. The maximum Gasteiger partial charge on any atom is 0.165 e. The second-order valence-corrected chi connectivity index (χ2v) is 5.64. The quantitative estimate of drug-likeness (QED) is 0.615. The zero-order chi connectivity index (χ0) is 17.2. The number of methoxy groups -OCH3 is 1. The van der Waals surface area contributed by atoms with Crippen molar-refractivity contribution in [1.29, 1.82) is 0 Å². The van der Waals surface area contributed by atoms with Crippen molar-refractivity contribution in [2.45, 2.75) is 6.92 Å². The minimum Gasteiger partial charge on any atom is -0.496 e. The molecular weight excluding hydrogens is 314 g/mol. The highest BCUT2D eigenvalue weighted by atomic mass is 16.5. The van der Waals surface area contributed by atoms with Gasteiger partial charge in [0.2, 0.25) is 0 Å². The Labute approximate surface area is 145 Å². The first-order chi connectivity index (χ1) is 12.3. The highest BCUT2D eigenvalue weighted by Crippen LogP contribution is 2.33. The first-order valence-corrected chi connectivity index (χ1v) is 7.92. The maximum absolute atomic E-state index is 5.49. The zero-order valence-corrected chi connectivity index (χ0v) is 14.0. The molecule has 0 bridgehead atoms. The van der Waals surface area contributed by atoms with Crippen LogP contribution in [0.4, 0.5) is 11.5 Å². The third-order valence-electron chi connectivity index (χ3n) is 3.95. The molecule has 0 unspecified atom stereocenters. The van der Waals surface area contributed by atoms with Gasteiger partial charge in [0.15, 0.2) is 5.65 Å². The van der Waals surface area contributed by atoms with Crippen molar-refractivity contribution in [2.24, 2.45) is 0 Å². The number of ether oxygens (including phenoxy) is 1. The standard InChI is InChI=1S/C19H17N5O/c1-13-11-18(23-14-7-9-20-10-8-14)24-19(22-13)16(12-21-24)15-5-3-4-6-17(15)25-2/h3-12H,1-2H3,(H,20,23). The average Bonchev–Trinajstić information content (AvgIpc) is 3.06. The maximum atomic E-state index is 5.49. The molecule has 3 aromatic heterocycles. The summed E-state index contributed by atoms with van der Waals surface area (Å²) in [7, 11) is 1.67. The smallest absolute Gasteiger partial charge is 0.165 e. The van der Waals surface area contributed by atoms with Gasteiger partial charge in [0.25, 0.3) is 0 Å². The number of nitrogens with zero attached hydrogens (tertiary/aromatic N) is 4. The summed E-state index contributed by atoms with van der Waals surface area (Å²) in [5.41, 5.74) is 4.52. The fraction of sp³-hybridized carbons (Fsp3) is 0.105. The van der Waals surface area contributed by atoms with Crippen LogP contribution in [0.25, 0.3) is 16.8 Å². The second-order valence-electron chi connectivity index (χ2n) is 5.64. The molecule has 0 aliphatic heterocycles. The van der Waals surface area contributed by atoms with Crippen LogP contribution in [-0.4, -0.2) is 26.7 Å². The van der Waals surface area contributed by atoms with Crippen LogP contribution in [-0.2, 0) is 0 Å². The highest BCUT2D eigenvalue weighted by Gasteiger charge is 2.15. The van der Waals surface area contributed by atoms with Crippen LogP contribution in [0.2, 0.25) is 0 Å². The first kappa shape index (κ1) is 15.1. The Bertz CT molecular complexity index is 1030. The molecule has 4 aromatic rings. The number of hydrogen-bond acceptors (Lipinski definition) is 5. The molecule has 6 heteroatoms. The van der Waals surface area contributed by atoms with Gasteiger partial charge in [0.05, 0.1) is 18.9 Å². The van der Waals surface area contributed by atoms with E-state index in [0.29, 0.717) is 0 Å². The Morgan fingerprint density at radius 3 is 2.64 bits per heavy atom. The molecular formula is C19H17N5O. The lowest BCUT2D eigenvalue weighted by Gasteiger charge is -2.10. The SMILES string of the molecule is COc1ccccc1-c1cnn2c(Nc3ccncc3)cc(C)nc12. The van der Waals surface area contributed by atoms with Gasteiger partial charge in [0.1, 0.15) is 11.6 Å². The van der Waals surface area contributed by atoms with Crippen molar-refractivity contribution in [3.63, 3.8) is 0 Å². The van der Waals surface area contributed by atoms with E-state index in [4.69, 9.17) is 4.74 Å². The summed E-state index contributed by atoms with van der Waals surface area (Å²) in [6, 6.07) is 13.7. The van der Waals surface area contributed by atoms with E-state index >= 15 is 0 Å². The van der Waals surface area contributed by atoms with Crippen molar-refractivity contribution in [2.75, 3.05) is 12.4 Å². The van der Waals surface area contributed by atoms with Gasteiger partial charge in [-0.25, -0.2) is 4.98 Å². The van der Waals surface area contributed by atoms with Gasteiger partial charge >= 0.3 is 0 Å². The molecule has 0 atom stereocenters. The fourth-order valence-electron chi connectivity index (χ4n) is 2.81. The van der Waals surface area contributed by atoms with Gasteiger partial charge in [-0.15, -0.1) is 0 Å². The minimum atomic E-state index is 0.779. The van der Waals surface area contributed by atoms with Crippen LogP contribution < -0.4 is 10.1 Å². The zero-order valence-electron chi connectivity index (χ0n) is 14.0. The van der Waals surface area contributed by atoms with E-state index in [1.807, 2.05) is 55.6 Å². The van der Waals surface area contributed by atoms with Crippen LogP contribution in [0.1, 0.15) is 5.69 Å². The van der Waals surface area contributed by atoms with Crippen molar-refractivity contribution in [3.05, 3.63) is 66.7 Å². The first-order valence-electron chi connectivity index (χ1n) is 7.92. The number of benzene rings is 1. The van der Waals surface area contributed by atoms with Gasteiger partial charge in [-0.3, -0.25) is 4.98 Å². The molecule has 1 aromatic carbocycles. The number of nitrogens with one attached hydrogen (secondary N) is 1. The van der Waals surface area contributed by atoms with E-state index in [0.717, 1.165) is 39.7 Å². The van der Waals surface area contributed by atoms with Crippen LogP contribution in [0, 0.1) is 6.92 Å². The number of aryl methyl sites for hydroxylation is 1. The van der Waals surface area contributed by atoms with Crippen molar-refractivity contribution in [1.82, 2.24) is 19.6 Å². The summed E-state index contributed by atoms with van der Waals surface area (Å²) >= 11 is 0. The Balaban J connectivity index is 1.87. The molecule has 0 radical (unpaired) electrons. The molecule has 0 saturated heterocycles. The Hall–Kier alpha value is -3.41. The third kappa shape index (κ3) is 2.78. The summed E-state index contributed by atoms with van der Waals surface area (Å²) in [6.07, 6.45) is 5.31. The van der Waals surface area contributed by atoms with Crippen molar-refractivity contribution in [3.8, 4) is 16.9 Å². The van der Waals surface area contributed by atoms with E-state index in [-0.39, 0.29) is 0 Å². The van der Waals surface area contributed by atoms with E-state index < -0.39 is 0 Å². The highest BCUT2D eigenvalue weighted by molar-refractivity contribution is 5.82. The van der Waals surface area contributed by atoms with Crippen LogP contribution >= 0.6 is 0 Å². The Morgan fingerprint density at radius 2 is 1.84 bits per heavy atom. The van der Waals surface area contributed by atoms with Crippen LogP contribution in [0.3, 0.4) is 0 Å². The van der Waals surface area contributed by atoms with E-state index in [1.54, 1.807) is 24.0 Å². The lowest BCUT2D eigenvalue weighted by molar-refractivity contribution is 0.416. The van der Waals surface area contributed by atoms with Gasteiger partial charge in [-0.2, -0.15) is 9.61 Å². The topological polar surface area (TPSA) is 64.3 Å². The minimum absolute atomic E-state index is 0.779. The largest absolute Gasteiger partial charge is 0.496 e. The van der Waals surface area contributed by atoms with Gasteiger partial charge in [-0.05, 0) is 25.1 Å². The second kappa shape index (κ2) is 6.24. The lowest BCUT2D eigenvalue weighted by Crippen LogP contribution is -2.02. The molecule has 0 fully saturated rings. The predicted octanol–water partition coefficient (Wildman–Crippen LogP) is 3.85. The molecule has 0 spiro atoms. The Morgan fingerprint density at radius 1 is 1.04 bits per heavy atom. The number of anilines is 2.